The van der Waals surface area contributed by atoms with E-state index in [0.717, 1.165) is 33.5 Å². The molecule has 0 spiro atoms. The van der Waals surface area contributed by atoms with Gasteiger partial charge in [-0.3, -0.25) is 9.48 Å². The van der Waals surface area contributed by atoms with Crippen molar-refractivity contribution < 1.29 is 4.79 Å². The summed E-state index contributed by atoms with van der Waals surface area (Å²) in [5, 5.41) is 4.37. The minimum absolute atomic E-state index is 0.133. The molecule has 100 valence electrons. The number of benzene rings is 1. The Labute approximate surface area is 121 Å². The summed E-state index contributed by atoms with van der Waals surface area (Å²) >= 11 is 3.41. The van der Waals surface area contributed by atoms with Gasteiger partial charge in [-0.25, -0.2) is 0 Å². The topological polar surface area (TPSA) is 34.9 Å². The third kappa shape index (κ3) is 3.13. The van der Waals surface area contributed by atoms with Crippen LogP contribution in [0.15, 0.2) is 28.7 Å². The predicted octanol–water partition coefficient (Wildman–Crippen LogP) is 3.71. The maximum atomic E-state index is 12.4. The average molecular weight is 321 g/mol. The normalized spacial score (nSPS) is 10.7. The van der Waals surface area contributed by atoms with Crippen LogP contribution in [0.2, 0.25) is 0 Å². The largest absolute Gasteiger partial charge is 0.294 e. The summed E-state index contributed by atoms with van der Waals surface area (Å²) in [6.45, 7) is 6.73. The minimum atomic E-state index is 0.133. The quantitative estimate of drug-likeness (QED) is 0.805. The first-order valence-corrected chi connectivity index (χ1v) is 7.13. The number of ketones is 1. The van der Waals surface area contributed by atoms with Crippen LogP contribution < -0.4 is 0 Å². The Kier molecular flexibility index (Phi) is 4.20. The lowest BCUT2D eigenvalue weighted by Crippen LogP contribution is -2.10. The van der Waals surface area contributed by atoms with Crippen molar-refractivity contribution in [2.75, 3.05) is 0 Å². The molecule has 2 aromatic rings. The lowest BCUT2D eigenvalue weighted by Gasteiger charge is -2.07. The van der Waals surface area contributed by atoms with E-state index < -0.39 is 0 Å². The molecule has 1 aromatic heterocycles. The Morgan fingerprint density at radius 2 is 2.05 bits per heavy atom. The first kappa shape index (κ1) is 14.0. The van der Waals surface area contributed by atoms with Crippen LogP contribution in [0.5, 0.6) is 0 Å². The number of Topliss-reactive ketones (excluding diaryl/α,β-unsaturated/α-hetero) is 1. The van der Waals surface area contributed by atoms with E-state index in [2.05, 4.69) is 21.0 Å². The number of carbonyl (C=O) groups is 1. The highest BCUT2D eigenvalue weighted by molar-refractivity contribution is 9.10. The molecule has 0 radical (unpaired) electrons. The van der Waals surface area contributed by atoms with E-state index in [-0.39, 0.29) is 5.78 Å². The maximum absolute atomic E-state index is 12.4. The molecule has 0 saturated carbocycles. The zero-order valence-electron chi connectivity index (χ0n) is 11.4. The van der Waals surface area contributed by atoms with Crippen molar-refractivity contribution in [3.05, 3.63) is 51.3 Å². The van der Waals surface area contributed by atoms with Gasteiger partial charge in [0, 0.05) is 22.3 Å². The fourth-order valence-electron chi connectivity index (χ4n) is 2.17. The molecule has 1 aromatic carbocycles. The summed E-state index contributed by atoms with van der Waals surface area (Å²) in [5.41, 5.74) is 3.71. The van der Waals surface area contributed by atoms with Gasteiger partial charge in [0.2, 0.25) is 0 Å². The molecule has 0 aliphatic rings. The Balaban J connectivity index is 2.27. The predicted molar refractivity (Wildman–Crippen MR) is 79.6 cm³/mol. The molecule has 0 saturated heterocycles. The molecule has 0 N–H and O–H groups in total. The van der Waals surface area contributed by atoms with Crippen molar-refractivity contribution in [1.82, 2.24) is 9.78 Å². The first-order valence-electron chi connectivity index (χ1n) is 6.34. The van der Waals surface area contributed by atoms with Gasteiger partial charge in [0.1, 0.15) is 0 Å². The molecular formula is C15H17BrN2O. The van der Waals surface area contributed by atoms with Gasteiger partial charge in [-0.2, -0.15) is 5.10 Å². The van der Waals surface area contributed by atoms with E-state index in [1.54, 1.807) is 0 Å². The zero-order chi connectivity index (χ0) is 14.0. The van der Waals surface area contributed by atoms with Crippen LogP contribution in [-0.2, 0) is 13.0 Å². The number of halogens is 1. The fourth-order valence-corrected chi connectivity index (χ4v) is 2.53. The van der Waals surface area contributed by atoms with Crippen molar-refractivity contribution >= 4 is 21.7 Å². The van der Waals surface area contributed by atoms with Gasteiger partial charge < -0.3 is 0 Å². The molecule has 0 aliphatic heterocycles. The molecule has 1 heterocycles. The van der Waals surface area contributed by atoms with Gasteiger partial charge >= 0.3 is 0 Å². The lowest BCUT2D eigenvalue weighted by molar-refractivity contribution is 0.0990. The number of rotatable bonds is 4. The van der Waals surface area contributed by atoms with Gasteiger partial charge in [-0.15, -0.1) is 0 Å². The van der Waals surface area contributed by atoms with E-state index in [1.165, 1.54) is 0 Å². The van der Waals surface area contributed by atoms with Crippen LogP contribution in [0.4, 0.5) is 0 Å². The number of hydrogen-bond donors (Lipinski definition) is 0. The van der Waals surface area contributed by atoms with Crippen LogP contribution in [0.3, 0.4) is 0 Å². The second-order valence-corrected chi connectivity index (χ2v) is 5.57. The third-order valence-corrected chi connectivity index (χ3v) is 3.62. The van der Waals surface area contributed by atoms with Crippen LogP contribution in [0.1, 0.15) is 34.2 Å². The standard InChI is InChI=1S/C15H17BrN2O/c1-4-18-13(7-11(3)17-18)9-15(19)14-8-12(16)6-5-10(14)2/h5-8H,4,9H2,1-3H3. The fraction of sp³-hybridized carbons (Fsp3) is 0.333. The van der Waals surface area contributed by atoms with Crippen LogP contribution >= 0.6 is 15.9 Å². The minimum Gasteiger partial charge on any atom is -0.294 e. The van der Waals surface area contributed by atoms with Crippen molar-refractivity contribution in [1.29, 1.82) is 0 Å². The van der Waals surface area contributed by atoms with Crippen molar-refractivity contribution in [2.24, 2.45) is 0 Å². The third-order valence-electron chi connectivity index (χ3n) is 3.13. The van der Waals surface area contributed by atoms with E-state index in [1.807, 2.05) is 49.7 Å². The Hall–Kier alpha value is -1.42. The van der Waals surface area contributed by atoms with Crippen molar-refractivity contribution in [2.45, 2.75) is 33.7 Å². The van der Waals surface area contributed by atoms with Gasteiger partial charge in [0.05, 0.1) is 12.1 Å². The number of aryl methyl sites for hydroxylation is 3. The molecular weight excluding hydrogens is 304 g/mol. The van der Waals surface area contributed by atoms with E-state index >= 15 is 0 Å². The monoisotopic (exact) mass is 320 g/mol. The molecule has 0 unspecified atom stereocenters. The highest BCUT2D eigenvalue weighted by Crippen LogP contribution is 2.18. The molecule has 0 amide bonds. The second-order valence-electron chi connectivity index (χ2n) is 4.65. The Morgan fingerprint density at radius 1 is 1.32 bits per heavy atom. The van der Waals surface area contributed by atoms with Crippen molar-refractivity contribution in [3.63, 3.8) is 0 Å². The number of carbonyl (C=O) groups excluding carboxylic acids is 1. The average Bonchev–Trinajstić information content (AvgIpc) is 2.72. The summed E-state index contributed by atoms with van der Waals surface area (Å²) in [4.78, 5) is 12.4. The Bertz CT molecular complexity index is 617. The van der Waals surface area contributed by atoms with Crippen LogP contribution in [0, 0.1) is 13.8 Å². The molecule has 2 rings (SSSR count). The van der Waals surface area contributed by atoms with Gasteiger partial charge in [-0.1, -0.05) is 22.0 Å². The number of nitrogens with zero attached hydrogens (tertiary/aromatic N) is 2. The van der Waals surface area contributed by atoms with Gasteiger partial charge in [0.15, 0.2) is 5.78 Å². The molecule has 4 heteroatoms. The molecule has 0 bridgehead atoms. The number of hydrogen-bond acceptors (Lipinski definition) is 2. The summed E-state index contributed by atoms with van der Waals surface area (Å²) in [7, 11) is 0. The van der Waals surface area contributed by atoms with Gasteiger partial charge in [0.25, 0.3) is 0 Å². The number of aromatic nitrogens is 2. The maximum Gasteiger partial charge on any atom is 0.169 e. The van der Waals surface area contributed by atoms with E-state index in [4.69, 9.17) is 0 Å². The molecule has 0 aliphatic carbocycles. The Morgan fingerprint density at radius 3 is 2.74 bits per heavy atom. The highest BCUT2D eigenvalue weighted by Gasteiger charge is 2.13. The smallest absolute Gasteiger partial charge is 0.169 e. The molecule has 3 nitrogen and oxygen atoms in total. The lowest BCUT2D eigenvalue weighted by atomic mass is 10.0. The summed E-state index contributed by atoms with van der Waals surface area (Å²) < 4.78 is 2.82. The van der Waals surface area contributed by atoms with E-state index in [9.17, 15) is 4.79 Å². The van der Waals surface area contributed by atoms with Crippen LogP contribution in [0.25, 0.3) is 0 Å². The summed E-state index contributed by atoms with van der Waals surface area (Å²) in [6.07, 6.45) is 0.395. The molecule has 19 heavy (non-hydrogen) atoms. The summed E-state index contributed by atoms with van der Waals surface area (Å²) in [5.74, 6) is 0.133. The zero-order valence-corrected chi connectivity index (χ0v) is 13.0. The SMILES string of the molecule is CCn1nc(C)cc1CC(=O)c1cc(Br)ccc1C. The van der Waals surface area contributed by atoms with Gasteiger partial charge in [-0.05, 0) is 44.5 Å². The molecule has 0 atom stereocenters. The van der Waals surface area contributed by atoms with E-state index in [0.29, 0.717) is 6.42 Å². The first-order chi connectivity index (χ1) is 9.01. The van der Waals surface area contributed by atoms with Crippen molar-refractivity contribution in [3.8, 4) is 0 Å². The summed E-state index contributed by atoms with van der Waals surface area (Å²) in [6, 6.07) is 7.78. The highest BCUT2D eigenvalue weighted by atomic mass is 79.9. The van der Waals surface area contributed by atoms with Crippen LogP contribution in [-0.4, -0.2) is 15.6 Å². The second kappa shape index (κ2) is 5.70. The molecule has 0 fully saturated rings.